The Morgan fingerprint density at radius 3 is 2.82 bits per heavy atom. The number of nitrogens with zero attached hydrogens (tertiary/aromatic N) is 1. The zero-order chi connectivity index (χ0) is 12.8. The van der Waals surface area contributed by atoms with Crippen LogP contribution in [0, 0.1) is 5.92 Å². The highest BCUT2D eigenvalue weighted by atomic mass is 32.1. The number of rotatable bonds is 5. The van der Waals surface area contributed by atoms with Gasteiger partial charge in [-0.3, -0.25) is 9.59 Å². The molecular formula is C10H14N4O2S. The summed E-state index contributed by atoms with van der Waals surface area (Å²) in [5.74, 6) is -0.547. The second kappa shape index (κ2) is 6.09. The van der Waals surface area contributed by atoms with Crippen molar-refractivity contribution >= 4 is 28.9 Å². The number of carbonyl (C=O) groups excluding carboxylic acids is 1. The number of nitrogens with one attached hydrogen (secondary N) is 2. The lowest BCUT2D eigenvalue weighted by Crippen LogP contribution is -2.33. The van der Waals surface area contributed by atoms with Crippen molar-refractivity contribution in [2.24, 2.45) is 11.7 Å². The van der Waals surface area contributed by atoms with E-state index in [1.165, 1.54) is 12.1 Å². The van der Waals surface area contributed by atoms with E-state index in [1.54, 1.807) is 0 Å². The molecule has 0 bridgehead atoms. The number of aromatic nitrogens is 2. The van der Waals surface area contributed by atoms with E-state index in [0.29, 0.717) is 6.42 Å². The van der Waals surface area contributed by atoms with E-state index in [-0.39, 0.29) is 22.3 Å². The molecule has 0 spiro atoms. The number of nitrogens with two attached hydrogens (primary N) is 1. The minimum atomic E-state index is -0.510. The first-order chi connectivity index (χ1) is 8.04. The summed E-state index contributed by atoms with van der Waals surface area (Å²) in [5.41, 5.74) is 5.16. The van der Waals surface area contributed by atoms with Crippen LogP contribution < -0.4 is 16.6 Å². The molecule has 1 heterocycles. The van der Waals surface area contributed by atoms with Gasteiger partial charge in [0, 0.05) is 6.07 Å². The summed E-state index contributed by atoms with van der Waals surface area (Å²) in [6.45, 7) is 1.94. The van der Waals surface area contributed by atoms with Crippen LogP contribution in [0.3, 0.4) is 0 Å². The van der Waals surface area contributed by atoms with Gasteiger partial charge in [0.05, 0.1) is 10.9 Å². The topological polar surface area (TPSA) is 101 Å². The molecule has 1 atom stereocenters. The third-order valence-corrected chi connectivity index (χ3v) is 2.45. The van der Waals surface area contributed by atoms with Gasteiger partial charge in [-0.15, -0.1) is 0 Å². The summed E-state index contributed by atoms with van der Waals surface area (Å²) in [5, 5.41) is 8.44. The van der Waals surface area contributed by atoms with Crippen LogP contribution in [0.1, 0.15) is 19.8 Å². The van der Waals surface area contributed by atoms with Crippen LogP contribution in [0.2, 0.25) is 0 Å². The van der Waals surface area contributed by atoms with Crippen LogP contribution in [0.15, 0.2) is 16.9 Å². The fourth-order valence-electron chi connectivity index (χ4n) is 1.32. The molecule has 0 aliphatic heterocycles. The average Bonchev–Trinajstić information content (AvgIpc) is 2.28. The Bertz CT molecular complexity index is 451. The smallest absolute Gasteiger partial charge is 0.264 e. The molecule has 0 aliphatic rings. The van der Waals surface area contributed by atoms with Crippen molar-refractivity contribution in [2.75, 3.05) is 5.32 Å². The number of aromatic amines is 1. The average molecular weight is 254 g/mol. The van der Waals surface area contributed by atoms with Gasteiger partial charge in [0.2, 0.25) is 5.91 Å². The van der Waals surface area contributed by atoms with Crippen molar-refractivity contribution in [3.05, 3.63) is 22.5 Å². The number of amides is 1. The quantitative estimate of drug-likeness (QED) is 0.661. The summed E-state index contributed by atoms with van der Waals surface area (Å²) in [4.78, 5) is 22.8. The highest BCUT2D eigenvalue weighted by Crippen LogP contribution is 2.10. The monoisotopic (exact) mass is 254 g/mol. The number of hydrogen-bond acceptors (Lipinski definition) is 4. The Hall–Kier alpha value is -1.76. The molecular weight excluding hydrogens is 240 g/mol. The predicted molar refractivity (Wildman–Crippen MR) is 68.7 cm³/mol. The third-order valence-electron chi connectivity index (χ3n) is 2.17. The van der Waals surface area contributed by atoms with E-state index >= 15 is 0 Å². The van der Waals surface area contributed by atoms with Gasteiger partial charge >= 0.3 is 0 Å². The van der Waals surface area contributed by atoms with Gasteiger partial charge in [0.15, 0.2) is 5.82 Å². The second-order valence-electron chi connectivity index (χ2n) is 3.54. The highest BCUT2D eigenvalue weighted by Gasteiger charge is 2.20. The van der Waals surface area contributed by atoms with E-state index in [1.807, 2.05) is 6.92 Å². The Balaban J connectivity index is 2.73. The minimum absolute atomic E-state index is 0.161. The lowest BCUT2D eigenvalue weighted by atomic mass is 10.0. The molecule has 1 aromatic heterocycles. The van der Waals surface area contributed by atoms with Crippen molar-refractivity contribution in [1.29, 1.82) is 0 Å². The highest BCUT2D eigenvalue weighted by molar-refractivity contribution is 7.80. The van der Waals surface area contributed by atoms with Crippen molar-refractivity contribution in [3.63, 3.8) is 0 Å². The van der Waals surface area contributed by atoms with Crippen LogP contribution in [-0.2, 0) is 4.79 Å². The van der Waals surface area contributed by atoms with Crippen molar-refractivity contribution in [2.45, 2.75) is 19.8 Å². The third kappa shape index (κ3) is 3.95. The maximum Gasteiger partial charge on any atom is 0.264 e. The molecule has 1 amide bonds. The zero-order valence-electron chi connectivity index (χ0n) is 9.40. The summed E-state index contributed by atoms with van der Waals surface area (Å²) in [6.07, 6.45) is 1.39. The number of H-pyrrole nitrogens is 1. The first-order valence-electron chi connectivity index (χ1n) is 5.20. The van der Waals surface area contributed by atoms with Gasteiger partial charge in [0.1, 0.15) is 0 Å². The van der Waals surface area contributed by atoms with Crippen LogP contribution in [0.5, 0.6) is 0 Å². The number of anilines is 1. The van der Waals surface area contributed by atoms with E-state index in [4.69, 9.17) is 18.0 Å². The van der Waals surface area contributed by atoms with Gasteiger partial charge in [-0.25, -0.2) is 5.10 Å². The predicted octanol–water partition coefficient (Wildman–Crippen LogP) is 0.411. The second-order valence-corrected chi connectivity index (χ2v) is 4.01. The van der Waals surface area contributed by atoms with Gasteiger partial charge in [-0.1, -0.05) is 25.6 Å². The maximum absolute atomic E-state index is 11.8. The van der Waals surface area contributed by atoms with E-state index in [9.17, 15) is 9.59 Å². The molecule has 6 nitrogen and oxygen atoms in total. The Morgan fingerprint density at radius 2 is 2.35 bits per heavy atom. The Labute approximate surface area is 104 Å². The standard InChI is InChI=1S/C10H14N4O2S/c1-2-3-6(9(11)17)10(16)12-7-4-5-8(15)14-13-7/h4-6H,2-3H2,1H3,(H2,11,17)(H,14,15)(H,12,13,16). The lowest BCUT2D eigenvalue weighted by Gasteiger charge is -2.13. The normalized spacial score (nSPS) is 11.8. The first kappa shape index (κ1) is 13.3. The Morgan fingerprint density at radius 1 is 1.65 bits per heavy atom. The van der Waals surface area contributed by atoms with E-state index in [0.717, 1.165) is 6.42 Å². The van der Waals surface area contributed by atoms with Gasteiger partial charge in [-0.2, -0.15) is 5.10 Å². The number of carbonyl (C=O) groups is 1. The van der Waals surface area contributed by atoms with Gasteiger partial charge in [0.25, 0.3) is 5.56 Å². The van der Waals surface area contributed by atoms with Crippen molar-refractivity contribution in [3.8, 4) is 0 Å². The summed E-state index contributed by atoms with van der Waals surface area (Å²) < 4.78 is 0. The number of thiocarbonyl (C=S) groups is 1. The molecule has 7 heteroatoms. The zero-order valence-corrected chi connectivity index (χ0v) is 10.2. The summed E-state index contributed by atoms with van der Waals surface area (Å²) >= 11 is 4.83. The molecule has 1 aromatic rings. The Kier molecular flexibility index (Phi) is 4.77. The first-order valence-corrected chi connectivity index (χ1v) is 5.61. The molecule has 4 N–H and O–H groups in total. The summed E-state index contributed by atoms with van der Waals surface area (Å²) in [6, 6.07) is 2.69. The van der Waals surface area contributed by atoms with Gasteiger partial charge < -0.3 is 11.1 Å². The molecule has 1 rings (SSSR count). The maximum atomic E-state index is 11.8. The molecule has 0 saturated heterocycles. The van der Waals surface area contributed by atoms with Crippen molar-refractivity contribution < 1.29 is 4.79 Å². The van der Waals surface area contributed by atoms with E-state index in [2.05, 4.69) is 15.5 Å². The minimum Gasteiger partial charge on any atom is -0.393 e. The molecule has 0 aromatic carbocycles. The molecule has 1 unspecified atom stereocenters. The fraction of sp³-hybridized carbons (Fsp3) is 0.400. The van der Waals surface area contributed by atoms with Crippen LogP contribution in [0.25, 0.3) is 0 Å². The molecule has 0 aliphatic carbocycles. The van der Waals surface area contributed by atoms with Gasteiger partial charge in [-0.05, 0) is 12.5 Å². The van der Waals surface area contributed by atoms with Crippen molar-refractivity contribution in [1.82, 2.24) is 10.2 Å². The van der Waals surface area contributed by atoms with E-state index < -0.39 is 5.92 Å². The lowest BCUT2D eigenvalue weighted by molar-refractivity contribution is -0.118. The summed E-state index contributed by atoms with van der Waals surface area (Å²) in [7, 11) is 0. The number of hydrogen-bond donors (Lipinski definition) is 3. The molecule has 92 valence electrons. The molecule has 0 radical (unpaired) electrons. The SMILES string of the molecule is CCCC(C(=O)Nc1ccc(=O)[nH]n1)C(N)=S. The molecule has 0 fully saturated rings. The fourth-order valence-corrected chi connectivity index (χ4v) is 1.54. The van der Waals surface area contributed by atoms with Crippen LogP contribution >= 0.6 is 12.2 Å². The van der Waals surface area contributed by atoms with Crippen LogP contribution in [0.4, 0.5) is 5.82 Å². The molecule has 17 heavy (non-hydrogen) atoms. The molecule has 0 saturated carbocycles. The largest absolute Gasteiger partial charge is 0.393 e. The van der Waals surface area contributed by atoms with Crippen LogP contribution in [-0.4, -0.2) is 21.1 Å².